The quantitative estimate of drug-likeness (QED) is 0.516. The summed E-state index contributed by atoms with van der Waals surface area (Å²) in [6, 6.07) is 3.84. The van der Waals surface area contributed by atoms with Gasteiger partial charge in [-0.1, -0.05) is 5.16 Å². The molecule has 0 unspecified atom stereocenters. The molecule has 0 aliphatic carbocycles. The Hall–Kier alpha value is -2.15. The minimum absolute atomic E-state index is 0.173. The highest BCUT2D eigenvalue weighted by Crippen LogP contribution is 2.21. The third-order valence-corrected chi connectivity index (χ3v) is 3.20. The summed E-state index contributed by atoms with van der Waals surface area (Å²) in [4.78, 5) is 13.6. The second kappa shape index (κ2) is 7.03. The van der Waals surface area contributed by atoms with Crippen molar-refractivity contribution >= 4 is 11.6 Å². The van der Waals surface area contributed by atoms with Gasteiger partial charge in [0.2, 0.25) is 0 Å². The van der Waals surface area contributed by atoms with Crippen LogP contribution in [-0.2, 0) is 9.53 Å². The van der Waals surface area contributed by atoms with Crippen LogP contribution in [0.15, 0.2) is 23.4 Å². The average Bonchev–Trinajstić information content (AvgIpc) is 2.52. The van der Waals surface area contributed by atoms with E-state index in [1.165, 1.54) is 12.1 Å². The van der Waals surface area contributed by atoms with Crippen molar-refractivity contribution in [3.8, 4) is 5.75 Å². The van der Waals surface area contributed by atoms with Crippen molar-refractivity contribution in [1.82, 2.24) is 4.90 Å². The van der Waals surface area contributed by atoms with Crippen LogP contribution in [0.25, 0.3) is 0 Å². The number of amides is 1. The van der Waals surface area contributed by atoms with E-state index in [1.54, 1.807) is 11.8 Å². The summed E-state index contributed by atoms with van der Waals surface area (Å²) in [6.07, 6.45) is 0. The number of nitrogens with zero attached hydrogens (tertiary/aromatic N) is 2. The number of morpholine rings is 1. The van der Waals surface area contributed by atoms with E-state index in [0.717, 1.165) is 6.07 Å². The lowest BCUT2D eigenvalue weighted by atomic mass is 10.1. The molecular weight excluding hydrogens is 279 g/mol. The fraction of sp³-hybridized carbons (Fsp3) is 0.429. The molecular formula is C14H17FN2O4. The minimum atomic E-state index is -0.488. The van der Waals surface area contributed by atoms with Gasteiger partial charge in [-0.15, -0.1) is 0 Å². The van der Waals surface area contributed by atoms with E-state index >= 15 is 0 Å². The highest BCUT2D eigenvalue weighted by Gasteiger charge is 2.18. The topological polar surface area (TPSA) is 71.4 Å². The van der Waals surface area contributed by atoms with E-state index in [2.05, 4.69) is 5.16 Å². The van der Waals surface area contributed by atoms with E-state index in [4.69, 9.17) is 14.7 Å². The van der Waals surface area contributed by atoms with Gasteiger partial charge < -0.3 is 19.6 Å². The molecule has 0 atom stereocenters. The number of carbonyl (C=O) groups excluding carboxylic acids is 1. The van der Waals surface area contributed by atoms with Crippen LogP contribution in [0, 0.1) is 5.82 Å². The molecule has 114 valence electrons. The SMILES string of the molecule is CC(=NO)c1ccc(F)cc1OCC(=O)N1CCOCC1. The van der Waals surface area contributed by atoms with E-state index < -0.39 is 5.82 Å². The van der Waals surface area contributed by atoms with Crippen LogP contribution < -0.4 is 4.74 Å². The number of benzene rings is 1. The maximum atomic E-state index is 13.3. The summed E-state index contributed by atoms with van der Waals surface area (Å²) in [5.74, 6) is -0.502. The number of carbonyl (C=O) groups is 1. The third-order valence-electron chi connectivity index (χ3n) is 3.20. The molecule has 6 nitrogen and oxygen atoms in total. The lowest BCUT2D eigenvalue weighted by molar-refractivity contribution is -0.137. The zero-order valence-corrected chi connectivity index (χ0v) is 11.7. The standard InChI is InChI=1S/C14H17FN2O4/c1-10(16-19)12-3-2-11(15)8-13(12)21-9-14(18)17-4-6-20-7-5-17/h2-3,8,19H,4-7,9H2,1H3. The van der Waals surface area contributed by atoms with Gasteiger partial charge in [-0.3, -0.25) is 4.79 Å². The van der Waals surface area contributed by atoms with Gasteiger partial charge >= 0.3 is 0 Å². The Balaban J connectivity index is 2.05. The highest BCUT2D eigenvalue weighted by molar-refractivity contribution is 6.00. The molecule has 1 N–H and O–H groups in total. The first-order valence-corrected chi connectivity index (χ1v) is 6.58. The van der Waals surface area contributed by atoms with Crippen molar-refractivity contribution in [2.75, 3.05) is 32.9 Å². The number of hydrogen-bond donors (Lipinski definition) is 1. The number of ether oxygens (including phenoxy) is 2. The minimum Gasteiger partial charge on any atom is -0.483 e. The van der Waals surface area contributed by atoms with Crippen molar-refractivity contribution in [2.24, 2.45) is 5.16 Å². The largest absolute Gasteiger partial charge is 0.483 e. The van der Waals surface area contributed by atoms with Crippen LogP contribution in [0.5, 0.6) is 5.75 Å². The van der Waals surface area contributed by atoms with E-state index in [-0.39, 0.29) is 24.0 Å². The van der Waals surface area contributed by atoms with Gasteiger partial charge in [-0.25, -0.2) is 4.39 Å². The highest BCUT2D eigenvalue weighted by atomic mass is 19.1. The fourth-order valence-corrected chi connectivity index (χ4v) is 2.01. The maximum Gasteiger partial charge on any atom is 0.260 e. The average molecular weight is 296 g/mol. The Bertz CT molecular complexity index is 542. The second-order valence-electron chi connectivity index (χ2n) is 4.61. The Labute approximate surface area is 121 Å². The number of rotatable bonds is 4. The van der Waals surface area contributed by atoms with Gasteiger partial charge in [-0.2, -0.15) is 0 Å². The molecule has 1 fully saturated rings. The molecule has 7 heteroatoms. The van der Waals surface area contributed by atoms with Crippen LogP contribution >= 0.6 is 0 Å². The Morgan fingerprint density at radius 3 is 2.86 bits per heavy atom. The molecule has 1 aromatic rings. The molecule has 1 amide bonds. The van der Waals surface area contributed by atoms with Crippen LogP contribution in [0.2, 0.25) is 0 Å². The number of oxime groups is 1. The van der Waals surface area contributed by atoms with Crippen LogP contribution in [0.4, 0.5) is 4.39 Å². The summed E-state index contributed by atoms with van der Waals surface area (Å²) in [5, 5.41) is 11.9. The van der Waals surface area contributed by atoms with Crippen molar-refractivity contribution in [3.63, 3.8) is 0 Å². The maximum absolute atomic E-state index is 13.3. The van der Waals surface area contributed by atoms with Gasteiger partial charge in [0.25, 0.3) is 5.91 Å². The Morgan fingerprint density at radius 2 is 2.19 bits per heavy atom. The molecule has 21 heavy (non-hydrogen) atoms. The monoisotopic (exact) mass is 296 g/mol. The van der Waals surface area contributed by atoms with Gasteiger partial charge in [0.15, 0.2) is 6.61 Å². The van der Waals surface area contributed by atoms with Gasteiger partial charge in [-0.05, 0) is 19.1 Å². The summed E-state index contributed by atoms with van der Waals surface area (Å²) >= 11 is 0. The van der Waals surface area contributed by atoms with Crippen LogP contribution in [0.1, 0.15) is 12.5 Å². The van der Waals surface area contributed by atoms with Crippen molar-refractivity contribution in [2.45, 2.75) is 6.92 Å². The number of halogens is 1. The fourth-order valence-electron chi connectivity index (χ4n) is 2.01. The Kier molecular flexibility index (Phi) is 5.10. The smallest absolute Gasteiger partial charge is 0.260 e. The van der Waals surface area contributed by atoms with E-state index in [1.807, 2.05) is 0 Å². The first-order valence-electron chi connectivity index (χ1n) is 6.58. The zero-order valence-electron chi connectivity index (χ0n) is 11.7. The van der Waals surface area contributed by atoms with Crippen molar-refractivity contribution in [3.05, 3.63) is 29.6 Å². The molecule has 1 heterocycles. The molecule has 0 saturated carbocycles. The Morgan fingerprint density at radius 1 is 1.48 bits per heavy atom. The lowest BCUT2D eigenvalue weighted by Gasteiger charge is -2.26. The van der Waals surface area contributed by atoms with Crippen molar-refractivity contribution in [1.29, 1.82) is 0 Å². The predicted octanol–water partition coefficient (Wildman–Crippen LogP) is 1.26. The van der Waals surface area contributed by atoms with Gasteiger partial charge in [0.1, 0.15) is 11.6 Å². The lowest BCUT2D eigenvalue weighted by Crippen LogP contribution is -2.43. The van der Waals surface area contributed by atoms with Crippen LogP contribution in [0.3, 0.4) is 0 Å². The van der Waals surface area contributed by atoms with Gasteiger partial charge in [0, 0.05) is 24.7 Å². The van der Waals surface area contributed by atoms with E-state index in [9.17, 15) is 9.18 Å². The number of hydrogen-bond acceptors (Lipinski definition) is 5. The van der Waals surface area contributed by atoms with Crippen LogP contribution in [-0.4, -0.2) is 54.6 Å². The normalized spacial score (nSPS) is 15.9. The molecule has 1 aliphatic heterocycles. The zero-order chi connectivity index (χ0) is 15.2. The van der Waals surface area contributed by atoms with E-state index in [0.29, 0.717) is 31.9 Å². The summed E-state index contributed by atoms with van der Waals surface area (Å²) in [7, 11) is 0. The molecule has 1 saturated heterocycles. The summed E-state index contributed by atoms with van der Waals surface area (Å²) < 4.78 is 23.9. The second-order valence-corrected chi connectivity index (χ2v) is 4.61. The van der Waals surface area contributed by atoms with Gasteiger partial charge in [0.05, 0.1) is 18.9 Å². The summed E-state index contributed by atoms with van der Waals surface area (Å²) in [6.45, 7) is 3.42. The first-order chi connectivity index (χ1) is 10.1. The van der Waals surface area contributed by atoms with Crippen molar-refractivity contribution < 1.29 is 23.9 Å². The predicted molar refractivity (Wildman–Crippen MR) is 73.3 cm³/mol. The first kappa shape index (κ1) is 15.2. The molecule has 2 rings (SSSR count). The molecule has 0 spiro atoms. The summed E-state index contributed by atoms with van der Waals surface area (Å²) in [5.41, 5.74) is 0.720. The molecule has 1 aliphatic rings. The molecule has 0 aromatic heterocycles. The molecule has 0 bridgehead atoms. The third kappa shape index (κ3) is 3.91. The molecule has 1 aromatic carbocycles. The molecule has 0 radical (unpaired) electrons.